The fourth-order valence-electron chi connectivity index (χ4n) is 1.78. The molecule has 0 aliphatic rings. The highest BCUT2D eigenvalue weighted by Crippen LogP contribution is 2.25. The van der Waals surface area contributed by atoms with Crippen molar-refractivity contribution in [1.82, 2.24) is 9.55 Å². The standard InChI is InChI=1S/C14H15FN2O2S/c1-9(2)6-7-17-11-5-3-4-10(15)13(11)16-14(17)20-8-12(18)19/h3-6H,7-8H2,1-2H3,(H,18,19). The Morgan fingerprint density at radius 1 is 1.50 bits per heavy atom. The van der Waals surface area contributed by atoms with E-state index in [1.807, 2.05) is 24.5 Å². The van der Waals surface area contributed by atoms with E-state index in [0.717, 1.165) is 17.3 Å². The van der Waals surface area contributed by atoms with Crippen LogP contribution in [0.15, 0.2) is 35.0 Å². The summed E-state index contributed by atoms with van der Waals surface area (Å²) >= 11 is 1.10. The van der Waals surface area contributed by atoms with Gasteiger partial charge in [0.15, 0.2) is 11.0 Å². The number of carbonyl (C=O) groups is 1. The quantitative estimate of drug-likeness (QED) is 0.679. The van der Waals surface area contributed by atoms with E-state index in [-0.39, 0.29) is 11.3 Å². The van der Waals surface area contributed by atoms with Gasteiger partial charge in [0.1, 0.15) is 5.52 Å². The second kappa shape index (κ2) is 6.09. The van der Waals surface area contributed by atoms with Crippen LogP contribution in [0.5, 0.6) is 0 Å². The maximum atomic E-state index is 13.8. The summed E-state index contributed by atoms with van der Waals surface area (Å²) in [7, 11) is 0. The van der Waals surface area contributed by atoms with Gasteiger partial charge < -0.3 is 9.67 Å². The van der Waals surface area contributed by atoms with Gasteiger partial charge in [-0.2, -0.15) is 0 Å². The van der Waals surface area contributed by atoms with Crippen molar-refractivity contribution in [2.75, 3.05) is 5.75 Å². The molecule has 0 saturated carbocycles. The number of imidazole rings is 1. The van der Waals surface area contributed by atoms with Crippen LogP contribution in [0.3, 0.4) is 0 Å². The van der Waals surface area contributed by atoms with E-state index in [2.05, 4.69) is 4.98 Å². The first-order chi connectivity index (χ1) is 9.49. The second-order valence-electron chi connectivity index (χ2n) is 4.58. The number of thioether (sulfide) groups is 1. The number of rotatable bonds is 5. The van der Waals surface area contributed by atoms with Gasteiger partial charge in [0.25, 0.3) is 0 Å². The van der Waals surface area contributed by atoms with Crippen LogP contribution in [0.4, 0.5) is 4.39 Å². The van der Waals surface area contributed by atoms with E-state index in [9.17, 15) is 9.18 Å². The van der Waals surface area contributed by atoms with Crippen molar-refractivity contribution >= 4 is 28.8 Å². The second-order valence-corrected chi connectivity index (χ2v) is 5.52. The Morgan fingerprint density at radius 3 is 2.90 bits per heavy atom. The molecule has 0 aliphatic heterocycles. The summed E-state index contributed by atoms with van der Waals surface area (Å²) in [6, 6.07) is 4.77. The summed E-state index contributed by atoms with van der Waals surface area (Å²) in [5.41, 5.74) is 2.09. The summed E-state index contributed by atoms with van der Waals surface area (Å²) in [6.45, 7) is 4.50. The van der Waals surface area contributed by atoms with Crippen molar-refractivity contribution in [2.45, 2.75) is 25.5 Å². The van der Waals surface area contributed by atoms with Crippen LogP contribution in [0.1, 0.15) is 13.8 Å². The fraction of sp³-hybridized carbons (Fsp3) is 0.286. The number of allylic oxidation sites excluding steroid dienone is 2. The lowest BCUT2D eigenvalue weighted by molar-refractivity contribution is -0.133. The average molecular weight is 294 g/mol. The molecule has 0 unspecified atom stereocenters. The molecule has 0 radical (unpaired) electrons. The third kappa shape index (κ3) is 3.19. The molecule has 2 aromatic rings. The molecule has 0 saturated heterocycles. The number of carboxylic acid groups (broad SMARTS) is 1. The molecule has 1 aromatic carbocycles. The number of halogens is 1. The van der Waals surface area contributed by atoms with Crippen LogP contribution in [0.25, 0.3) is 11.0 Å². The number of aromatic nitrogens is 2. The van der Waals surface area contributed by atoms with Gasteiger partial charge in [0, 0.05) is 6.54 Å². The lowest BCUT2D eigenvalue weighted by atomic mass is 10.3. The van der Waals surface area contributed by atoms with Gasteiger partial charge in [-0.25, -0.2) is 9.37 Å². The highest BCUT2D eigenvalue weighted by Gasteiger charge is 2.14. The molecule has 106 valence electrons. The lowest BCUT2D eigenvalue weighted by Crippen LogP contribution is -2.02. The zero-order valence-electron chi connectivity index (χ0n) is 11.3. The van der Waals surface area contributed by atoms with Gasteiger partial charge in [-0.3, -0.25) is 4.79 Å². The first kappa shape index (κ1) is 14.6. The molecule has 2 rings (SSSR count). The Kier molecular flexibility index (Phi) is 4.44. The molecular formula is C14H15FN2O2S. The Morgan fingerprint density at radius 2 is 2.25 bits per heavy atom. The van der Waals surface area contributed by atoms with Crippen molar-refractivity contribution in [3.8, 4) is 0 Å². The molecule has 1 heterocycles. The van der Waals surface area contributed by atoms with Gasteiger partial charge in [-0.15, -0.1) is 0 Å². The van der Waals surface area contributed by atoms with Gasteiger partial charge in [0.05, 0.1) is 11.3 Å². The van der Waals surface area contributed by atoms with Crippen molar-refractivity contribution in [3.63, 3.8) is 0 Å². The SMILES string of the molecule is CC(C)=CCn1c(SCC(=O)O)nc2c(F)cccc21. The summed E-state index contributed by atoms with van der Waals surface area (Å²) in [4.78, 5) is 14.9. The van der Waals surface area contributed by atoms with E-state index in [1.54, 1.807) is 12.1 Å². The third-order valence-corrected chi connectivity index (χ3v) is 3.66. The zero-order valence-corrected chi connectivity index (χ0v) is 12.1. The largest absolute Gasteiger partial charge is 0.481 e. The first-order valence-corrected chi connectivity index (χ1v) is 7.10. The van der Waals surface area contributed by atoms with E-state index >= 15 is 0 Å². The molecule has 6 heteroatoms. The molecule has 4 nitrogen and oxygen atoms in total. The first-order valence-electron chi connectivity index (χ1n) is 6.11. The normalized spacial score (nSPS) is 10.8. The highest BCUT2D eigenvalue weighted by atomic mass is 32.2. The topological polar surface area (TPSA) is 55.1 Å². The molecule has 0 aliphatic carbocycles. The molecule has 0 atom stereocenters. The number of hydrogen-bond acceptors (Lipinski definition) is 3. The van der Waals surface area contributed by atoms with Gasteiger partial charge in [0.2, 0.25) is 0 Å². The molecular weight excluding hydrogens is 279 g/mol. The Hall–Kier alpha value is -1.82. The smallest absolute Gasteiger partial charge is 0.313 e. The molecule has 1 N–H and O–H groups in total. The number of aliphatic carboxylic acids is 1. The number of carboxylic acids is 1. The van der Waals surface area contributed by atoms with E-state index in [0.29, 0.717) is 17.2 Å². The minimum absolute atomic E-state index is 0.0975. The molecule has 0 amide bonds. The predicted octanol–water partition coefficient (Wildman–Crippen LogP) is 3.32. The van der Waals surface area contributed by atoms with Crippen LogP contribution in [-0.2, 0) is 11.3 Å². The van der Waals surface area contributed by atoms with E-state index < -0.39 is 11.8 Å². The fourth-order valence-corrected chi connectivity index (χ4v) is 2.52. The zero-order chi connectivity index (χ0) is 14.7. The summed E-state index contributed by atoms with van der Waals surface area (Å²) in [5, 5.41) is 9.29. The Labute approximate surface area is 120 Å². The lowest BCUT2D eigenvalue weighted by Gasteiger charge is -2.05. The number of hydrogen-bond donors (Lipinski definition) is 1. The molecule has 0 fully saturated rings. The average Bonchev–Trinajstić information content (AvgIpc) is 2.73. The maximum Gasteiger partial charge on any atom is 0.313 e. The van der Waals surface area contributed by atoms with Crippen molar-refractivity contribution in [1.29, 1.82) is 0 Å². The van der Waals surface area contributed by atoms with Gasteiger partial charge >= 0.3 is 5.97 Å². The highest BCUT2D eigenvalue weighted by molar-refractivity contribution is 7.99. The minimum atomic E-state index is -0.920. The van der Waals surface area contributed by atoms with Crippen LogP contribution >= 0.6 is 11.8 Å². The number of nitrogens with zero attached hydrogens (tertiary/aromatic N) is 2. The number of para-hydroxylation sites is 1. The van der Waals surface area contributed by atoms with Crippen LogP contribution in [0, 0.1) is 5.82 Å². The van der Waals surface area contributed by atoms with Gasteiger partial charge in [-0.1, -0.05) is 29.5 Å². The summed E-state index contributed by atoms with van der Waals surface area (Å²) in [5.74, 6) is -1.41. The molecule has 20 heavy (non-hydrogen) atoms. The van der Waals surface area contributed by atoms with Crippen LogP contribution in [0.2, 0.25) is 0 Å². The number of fused-ring (bicyclic) bond motifs is 1. The maximum absolute atomic E-state index is 13.8. The van der Waals surface area contributed by atoms with Crippen molar-refractivity contribution in [2.24, 2.45) is 0 Å². The molecule has 0 spiro atoms. The summed E-state index contributed by atoms with van der Waals surface area (Å²) in [6.07, 6.45) is 2.00. The van der Waals surface area contributed by atoms with Crippen molar-refractivity contribution in [3.05, 3.63) is 35.7 Å². The van der Waals surface area contributed by atoms with Crippen molar-refractivity contribution < 1.29 is 14.3 Å². The monoisotopic (exact) mass is 294 g/mol. The summed E-state index contributed by atoms with van der Waals surface area (Å²) < 4.78 is 15.6. The third-order valence-electron chi connectivity index (χ3n) is 2.70. The van der Waals surface area contributed by atoms with Crippen LogP contribution in [-0.4, -0.2) is 26.4 Å². The minimum Gasteiger partial charge on any atom is -0.481 e. The van der Waals surface area contributed by atoms with E-state index in [4.69, 9.17) is 5.11 Å². The van der Waals surface area contributed by atoms with Gasteiger partial charge in [-0.05, 0) is 26.0 Å². The number of benzene rings is 1. The Balaban J connectivity index is 2.47. The van der Waals surface area contributed by atoms with E-state index in [1.165, 1.54) is 6.07 Å². The predicted molar refractivity (Wildman–Crippen MR) is 77.5 cm³/mol. The molecule has 1 aromatic heterocycles. The Bertz CT molecular complexity index is 675. The van der Waals surface area contributed by atoms with Crippen LogP contribution < -0.4 is 0 Å². The molecule has 0 bridgehead atoms.